The van der Waals surface area contributed by atoms with Crippen molar-refractivity contribution >= 4 is 62.8 Å². The highest BCUT2D eigenvalue weighted by Gasteiger charge is 2.17. The van der Waals surface area contributed by atoms with Crippen molar-refractivity contribution in [2.45, 2.75) is 6.54 Å². The molecule has 0 amide bonds. The first-order valence-corrected chi connectivity index (χ1v) is 10.9. The summed E-state index contributed by atoms with van der Waals surface area (Å²) in [5.74, 6) is 0.316. The normalized spacial score (nSPS) is 13.4. The van der Waals surface area contributed by atoms with Crippen LogP contribution in [0.1, 0.15) is 5.56 Å². The van der Waals surface area contributed by atoms with E-state index in [2.05, 4.69) is 79.3 Å². The van der Waals surface area contributed by atoms with Gasteiger partial charge in [-0.2, -0.15) is 0 Å². The molecule has 1 aliphatic heterocycles. The van der Waals surface area contributed by atoms with E-state index in [9.17, 15) is 0 Å². The summed E-state index contributed by atoms with van der Waals surface area (Å²) in [5, 5.41) is 7.37. The Morgan fingerprint density at radius 1 is 1.04 bits per heavy atom. The van der Waals surface area contributed by atoms with Crippen LogP contribution in [0.4, 0.5) is 5.69 Å². The zero-order valence-electron chi connectivity index (χ0n) is 15.5. The van der Waals surface area contributed by atoms with Crippen LogP contribution < -0.4 is 22.1 Å². The van der Waals surface area contributed by atoms with E-state index in [4.69, 9.17) is 22.6 Å². The molecule has 0 aliphatic carbocycles. The number of hydrogen-bond donors (Lipinski definition) is 4. The maximum Gasteiger partial charge on any atom is 0.188 e. The predicted molar refractivity (Wildman–Crippen MR) is 134 cm³/mol. The standard InChI is InChI=1S/C11H15IN4.C8H10IN3/c12-9-1-3-10(4-2-9)15-5-7-16(8-6-15)11(13)14;9-7-3-1-2-6(4-7)5-12-8(10)11/h1-4H,5-8H2,(H3,13,14);1-4H,5H2,(H4,10,11,12)/i12-2;9-4. The fraction of sp³-hybridized carbons (Fsp3) is 0.263. The number of rotatable bonds is 3. The molecule has 7 N–H and O–H groups in total. The van der Waals surface area contributed by atoms with Crippen LogP contribution in [0, 0.1) is 12.5 Å². The molecule has 1 saturated heterocycles. The SMILES string of the molecule is N=C(N)N1CCN(c2ccc([125I])cc2)CC1.NC(N)=NCc1cccc([123I])c1. The first kappa shape index (κ1) is 22.5. The van der Waals surface area contributed by atoms with Gasteiger partial charge in [-0.25, -0.2) is 4.99 Å². The van der Waals surface area contributed by atoms with E-state index in [0.717, 1.165) is 31.7 Å². The smallest absolute Gasteiger partial charge is 0.188 e. The summed E-state index contributed by atoms with van der Waals surface area (Å²) >= 11 is 4.56. The van der Waals surface area contributed by atoms with Gasteiger partial charge in [0.05, 0.1) is 6.54 Å². The van der Waals surface area contributed by atoms with Gasteiger partial charge in [-0.05, 0) is 87.1 Å². The average molecular weight is 599 g/mol. The van der Waals surface area contributed by atoms with Gasteiger partial charge in [-0.15, -0.1) is 0 Å². The fourth-order valence-electron chi connectivity index (χ4n) is 2.68. The van der Waals surface area contributed by atoms with Crippen LogP contribution in [0.2, 0.25) is 0 Å². The van der Waals surface area contributed by atoms with E-state index in [1.807, 2.05) is 29.2 Å². The van der Waals surface area contributed by atoms with Gasteiger partial charge < -0.3 is 27.0 Å². The minimum absolute atomic E-state index is 0.133. The highest BCUT2D eigenvalue weighted by molar-refractivity contribution is 14.1. The Morgan fingerprint density at radius 2 is 1.68 bits per heavy atom. The third-order valence-electron chi connectivity index (χ3n) is 4.15. The summed E-state index contributed by atoms with van der Waals surface area (Å²) in [4.78, 5) is 8.14. The molecule has 9 heteroatoms. The number of hydrogen-bond acceptors (Lipinski definition) is 3. The molecule has 2 aromatic carbocycles. The summed E-state index contributed by atoms with van der Waals surface area (Å²) in [6.45, 7) is 4.09. The summed E-state index contributed by atoms with van der Waals surface area (Å²) < 4.78 is 2.44. The summed E-state index contributed by atoms with van der Waals surface area (Å²) in [7, 11) is 0. The molecule has 1 aliphatic rings. The molecular formula is C19H25I2N7. The van der Waals surface area contributed by atoms with E-state index in [1.165, 1.54) is 12.8 Å². The number of halogens is 2. The first-order chi connectivity index (χ1) is 13.3. The minimum atomic E-state index is 0.133. The zero-order valence-corrected chi connectivity index (χ0v) is 19.8. The van der Waals surface area contributed by atoms with Crippen molar-refractivity contribution in [2.75, 3.05) is 31.1 Å². The molecule has 1 heterocycles. The molecule has 0 aromatic heterocycles. The van der Waals surface area contributed by atoms with Crippen LogP contribution >= 0.6 is 45.2 Å². The van der Waals surface area contributed by atoms with Crippen molar-refractivity contribution in [3.63, 3.8) is 0 Å². The van der Waals surface area contributed by atoms with Gasteiger partial charge in [0.1, 0.15) is 0 Å². The Bertz CT molecular complexity index is 796. The Labute approximate surface area is 193 Å². The van der Waals surface area contributed by atoms with Crippen molar-refractivity contribution in [1.29, 1.82) is 5.41 Å². The number of aliphatic imine (C=N–C) groups is 1. The van der Waals surface area contributed by atoms with Crippen molar-refractivity contribution in [3.05, 3.63) is 61.2 Å². The molecule has 0 atom stereocenters. The number of nitrogens with two attached hydrogens (primary N) is 3. The summed E-state index contributed by atoms with van der Waals surface area (Å²) in [6.07, 6.45) is 0. The molecule has 150 valence electrons. The maximum atomic E-state index is 7.37. The van der Waals surface area contributed by atoms with Crippen molar-refractivity contribution < 1.29 is 0 Å². The van der Waals surface area contributed by atoms with Gasteiger partial charge in [0.2, 0.25) is 0 Å². The molecule has 0 saturated carbocycles. The number of nitrogens with one attached hydrogen (secondary N) is 1. The molecule has 7 nitrogen and oxygen atoms in total. The van der Waals surface area contributed by atoms with Crippen molar-refractivity contribution in [2.24, 2.45) is 22.2 Å². The molecule has 1 fully saturated rings. The molecule has 2 aromatic rings. The van der Waals surface area contributed by atoms with E-state index in [0.29, 0.717) is 6.54 Å². The van der Waals surface area contributed by atoms with Crippen LogP contribution in [0.3, 0.4) is 0 Å². The zero-order chi connectivity index (χ0) is 20.5. The summed E-state index contributed by atoms with van der Waals surface area (Å²) in [6, 6.07) is 16.6. The van der Waals surface area contributed by atoms with E-state index in [1.54, 1.807) is 0 Å². The second-order valence-corrected chi connectivity index (χ2v) is 8.70. The monoisotopic (exact) mass is 599 g/mol. The molecular weight excluding hydrogens is 574 g/mol. The lowest BCUT2D eigenvalue weighted by Crippen LogP contribution is -2.50. The molecule has 28 heavy (non-hydrogen) atoms. The minimum Gasteiger partial charge on any atom is -0.370 e. The molecule has 3 rings (SSSR count). The fourth-order valence-corrected chi connectivity index (χ4v) is 3.64. The molecule has 0 radical (unpaired) electrons. The topological polar surface area (TPSA) is 121 Å². The van der Waals surface area contributed by atoms with Gasteiger partial charge in [-0.1, -0.05) is 12.1 Å². The predicted octanol–water partition coefficient (Wildman–Crippen LogP) is 2.37. The van der Waals surface area contributed by atoms with Crippen LogP contribution in [-0.4, -0.2) is 43.0 Å². The molecule has 0 bridgehead atoms. The quantitative estimate of drug-likeness (QED) is 0.246. The highest BCUT2D eigenvalue weighted by Crippen LogP contribution is 2.17. The largest absolute Gasteiger partial charge is 0.370 e. The first-order valence-electron chi connectivity index (χ1n) is 8.74. The third kappa shape index (κ3) is 7.70. The number of anilines is 1. The van der Waals surface area contributed by atoms with Crippen molar-refractivity contribution in [1.82, 2.24) is 4.90 Å². The molecule has 0 unspecified atom stereocenters. The summed E-state index contributed by atoms with van der Waals surface area (Å²) in [5.41, 5.74) is 18.2. The van der Waals surface area contributed by atoms with Gasteiger partial charge in [0.25, 0.3) is 0 Å². The average Bonchev–Trinajstić information content (AvgIpc) is 2.68. The maximum absolute atomic E-state index is 7.37. The Kier molecular flexibility index (Phi) is 9.09. The second-order valence-electron chi connectivity index (χ2n) is 6.21. The highest BCUT2D eigenvalue weighted by atomic mass is 125. The van der Waals surface area contributed by atoms with E-state index in [-0.39, 0.29) is 11.9 Å². The van der Waals surface area contributed by atoms with E-state index >= 15 is 0 Å². The lowest BCUT2D eigenvalue weighted by molar-refractivity contribution is 0.380. The van der Waals surface area contributed by atoms with Crippen molar-refractivity contribution in [3.8, 4) is 0 Å². The Morgan fingerprint density at radius 3 is 2.21 bits per heavy atom. The van der Waals surface area contributed by atoms with Gasteiger partial charge >= 0.3 is 0 Å². The van der Waals surface area contributed by atoms with Crippen LogP contribution in [-0.2, 0) is 6.54 Å². The van der Waals surface area contributed by atoms with Gasteiger partial charge in [-0.3, -0.25) is 5.41 Å². The lowest BCUT2D eigenvalue weighted by atomic mass is 10.2. The lowest BCUT2D eigenvalue weighted by Gasteiger charge is -2.36. The number of piperazine rings is 1. The number of benzene rings is 2. The Balaban J connectivity index is 0.000000209. The number of guanidine groups is 2. The van der Waals surface area contributed by atoms with Crippen LogP contribution in [0.25, 0.3) is 0 Å². The van der Waals surface area contributed by atoms with Gasteiger partial charge in [0.15, 0.2) is 11.9 Å². The Hall–Kier alpha value is -1.76. The third-order valence-corrected chi connectivity index (χ3v) is 5.54. The van der Waals surface area contributed by atoms with Crippen LogP contribution in [0.5, 0.6) is 0 Å². The van der Waals surface area contributed by atoms with Gasteiger partial charge in [0, 0.05) is 39.0 Å². The number of nitrogens with zero attached hydrogens (tertiary/aromatic N) is 3. The van der Waals surface area contributed by atoms with E-state index < -0.39 is 0 Å². The molecule has 0 spiro atoms. The second kappa shape index (κ2) is 11.3. The van der Waals surface area contributed by atoms with Crippen LogP contribution in [0.15, 0.2) is 53.5 Å².